The largest absolute Gasteiger partial charge is 0.492 e. The molecule has 137 heavy (non-hydrogen) atoms. The quantitative estimate of drug-likeness (QED) is 0.0226. The van der Waals surface area contributed by atoms with E-state index in [0.29, 0.717) is 169 Å². The second kappa shape index (κ2) is 54.8. The molecule has 0 fully saturated rings. The molecule has 0 saturated heterocycles. The number of carbonyl (C=O) groups is 10. The first-order valence-electron chi connectivity index (χ1n) is 45.0. The predicted octanol–water partition coefficient (Wildman–Crippen LogP) is 28.5. The highest BCUT2D eigenvalue weighted by Gasteiger charge is 2.26. The minimum absolute atomic E-state index is 0.00191. The van der Waals surface area contributed by atoms with Gasteiger partial charge >= 0.3 is 0 Å². The number of aryl methyl sites for hydroxylation is 3. The molecule has 0 aliphatic carbocycles. The number of rotatable bonds is 37. The summed E-state index contributed by atoms with van der Waals surface area (Å²) in [7, 11) is 0. The molecule has 0 bridgehead atoms. The van der Waals surface area contributed by atoms with E-state index in [1.165, 1.54) is 40.7 Å². The van der Waals surface area contributed by atoms with E-state index < -0.39 is 0 Å². The van der Waals surface area contributed by atoms with Gasteiger partial charge in [-0.1, -0.05) is 85.7 Å². The first-order chi connectivity index (χ1) is 64.6. The zero-order valence-corrected chi connectivity index (χ0v) is 87.3. The molecule has 0 heterocycles. The standard InChI is InChI=1S/C23H28ClNO4.C22H26BrNO4.C22H26ClNO4.C21H24ClNO4.C19H19Cl2NO3/c1-6-18(7-2)29-21-13-16(12-20(22(21)24)28-8-3)23(27)25-17-9-10-19(15(5)26)14(4)11-17;1-12(2)27-19-10-16(11-20(21(19)23)28-13(3)4)22(26)24-17-7-8-18(15(6)25)14(5)9-17;1-5-18(6-2)28-20-13-16(12-19(21(20)23)27-7-3)22(26)24-17-10-8-15(9-11-17)14(4)25;1-12(2)26-18-10-16(11-19(20(18)22)27-13(3)4)21(25)23-17-8-6-15(7-9-17)14(5)24;1-10(2)25-17-9-13(8-16(20)18(17)21)19(24)22-14-5-6-15(12(4)23)11(3)7-14/h9-13,18H,6-8H2,1-5H3,(H,25,27);7-13H,1-6H3,(H,24,26);8-13,18H,5-7H2,1-4H3,(H,24,26);6-13H,1-5H3,(H,23,25);5-10H,1-4H3,(H,22,24). The lowest BCUT2D eigenvalue weighted by atomic mass is 10.0. The molecule has 0 aliphatic heterocycles. The molecule has 10 aromatic carbocycles. The van der Waals surface area contributed by atoms with E-state index in [-0.39, 0.29) is 111 Å². The summed E-state index contributed by atoms with van der Waals surface area (Å²) in [6.45, 7) is 44.6. The molecule has 0 unspecified atom stereocenters. The molecule has 30 heteroatoms. The molecule has 0 atom stereocenters. The summed E-state index contributed by atoms with van der Waals surface area (Å²) in [6, 6.07) is 45.0. The topological polar surface area (TPSA) is 314 Å². The van der Waals surface area contributed by atoms with Crippen LogP contribution in [0, 0.1) is 20.8 Å². The first-order valence-corrected chi connectivity index (χ1v) is 47.7. The van der Waals surface area contributed by atoms with Crippen LogP contribution >= 0.6 is 73.9 Å². The van der Waals surface area contributed by atoms with Crippen LogP contribution in [0.5, 0.6) is 51.7 Å². The summed E-state index contributed by atoms with van der Waals surface area (Å²) >= 11 is 34.9. The Hall–Kier alpha value is -12.0. The van der Waals surface area contributed by atoms with Gasteiger partial charge in [-0.15, -0.1) is 0 Å². The smallest absolute Gasteiger partial charge is 0.255 e. The number of anilines is 5. The fraction of sp³-hybridized carbons (Fsp3) is 0.346. The monoisotopic (exact) mass is 2040 g/mol. The van der Waals surface area contributed by atoms with Crippen molar-refractivity contribution in [3.63, 3.8) is 0 Å². The van der Waals surface area contributed by atoms with E-state index in [9.17, 15) is 47.9 Å². The van der Waals surface area contributed by atoms with Crippen LogP contribution in [-0.4, -0.2) is 114 Å². The van der Waals surface area contributed by atoms with Crippen molar-refractivity contribution >= 4 is 161 Å². The van der Waals surface area contributed by atoms with E-state index in [2.05, 4.69) is 42.5 Å². The van der Waals surface area contributed by atoms with Gasteiger partial charge in [0.05, 0.1) is 61.0 Å². The van der Waals surface area contributed by atoms with Crippen molar-refractivity contribution in [1.29, 1.82) is 0 Å². The number of hydrogen-bond acceptors (Lipinski definition) is 19. The molecule has 0 spiro atoms. The SMILES string of the molecule is CC(=O)c1ccc(NC(=O)c2cc(Cl)c(Cl)c(OC(C)C)c2)cc1C.CC(=O)c1ccc(NC(=O)c2cc(OC(C)C)c(Br)c(OC(C)C)c2)cc1C.CC(=O)c1ccc(NC(=O)c2cc(OC(C)C)c(Cl)c(OC(C)C)c2)cc1.CCOc1cc(C(=O)Nc2ccc(C(C)=O)c(C)c2)cc(OC(CC)CC)c1Cl.CCOc1cc(C(=O)Nc2ccc(C(C)=O)cc2)cc(OC(CC)CC)c1Cl. The van der Waals surface area contributed by atoms with E-state index in [1.807, 2.05) is 132 Å². The summed E-state index contributed by atoms with van der Waals surface area (Å²) in [5, 5.41) is 15.7. The Bertz CT molecular complexity index is 5870. The number of nitrogens with one attached hydrogen (secondary N) is 5. The first kappa shape index (κ1) is 114. The molecule has 0 saturated carbocycles. The van der Waals surface area contributed by atoms with Gasteiger partial charge in [-0.3, -0.25) is 47.9 Å². The summed E-state index contributed by atoms with van der Waals surface area (Å²) in [4.78, 5) is 121. The molecule has 5 N–H and O–H groups in total. The van der Waals surface area contributed by atoms with Crippen molar-refractivity contribution in [2.24, 2.45) is 0 Å². The van der Waals surface area contributed by atoms with Crippen molar-refractivity contribution in [1.82, 2.24) is 0 Å². The van der Waals surface area contributed by atoms with Crippen LogP contribution in [0.25, 0.3) is 0 Å². The fourth-order valence-electron chi connectivity index (χ4n) is 13.2. The Labute approximate surface area is 837 Å². The second-order valence-corrected chi connectivity index (χ2v) is 35.7. The summed E-state index contributed by atoms with van der Waals surface area (Å²) in [6.07, 6.45) is 2.90. The second-order valence-electron chi connectivity index (χ2n) is 33.0. The lowest BCUT2D eigenvalue weighted by Crippen LogP contribution is -2.16. The van der Waals surface area contributed by atoms with Crippen LogP contribution in [0.2, 0.25) is 25.1 Å². The lowest BCUT2D eigenvalue weighted by Gasteiger charge is -2.19. The minimum atomic E-state index is -0.345. The van der Waals surface area contributed by atoms with Gasteiger partial charge in [0.25, 0.3) is 29.5 Å². The predicted molar refractivity (Wildman–Crippen MR) is 552 cm³/mol. The molecular weight excluding hydrogens is 1920 g/mol. The van der Waals surface area contributed by atoms with Crippen LogP contribution in [0.1, 0.15) is 291 Å². The van der Waals surface area contributed by atoms with E-state index in [4.69, 9.17) is 101 Å². The van der Waals surface area contributed by atoms with Gasteiger partial charge in [0.1, 0.15) is 76.3 Å². The van der Waals surface area contributed by atoms with Crippen molar-refractivity contribution in [3.05, 3.63) is 266 Å². The third kappa shape index (κ3) is 35.2. The molecule has 0 aliphatic rings. The van der Waals surface area contributed by atoms with Gasteiger partial charge in [-0.2, -0.15) is 0 Å². The number of ether oxygens (including phenoxy) is 9. The minimum Gasteiger partial charge on any atom is -0.492 e. The summed E-state index contributed by atoms with van der Waals surface area (Å²) < 4.78 is 52.5. The number of ketones is 5. The lowest BCUT2D eigenvalue weighted by molar-refractivity contribution is 0.100. The molecule has 10 rings (SSSR count). The van der Waals surface area contributed by atoms with Crippen LogP contribution in [0.15, 0.2) is 168 Å². The van der Waals surface area contributed by atoms with Crippen molar-refractivity contribution < 1.29 is 90.6 Å². The van der Waals surface area contributed by atoms with Gasteiger partial charge in [0.2, 0.25) is 0 Å². The molecule has 5 amide bonds. The number of hydrogen-bond donors (Lipinski definition) is 5. The van der Waals surface area contributed by atoms with Crippen LogP contribution in [0.3, 0.4) is 0 Å². The molecule has 24 nitrogen and oxygen atoms in total. The Kier molecular flexibility index (Phi) is 45.5. The van der Waals surface area contributed by atoms with Gasteiger partial charge in [0.15, 0.2) is 28.9 Å². The van der Waals surface area contributed by atoms with Crippen LogP contribution in [0.4, 0.5) is 28.4 Å². The Morgan fingerprint density at radius 1 is 0.270 bits per heavy atom. The molecule has 0 aromatic heterocycles. The highest BCUT2D eigenvalue weighted by molar-refractivity contribution is 9.10. The highest BCUT2D eigenvalue weighted by Crippen LogP contribution is 2.43. The Morgan fingerprint density at radius 2 is 0.489 bits per heavy atom. The molecular formula is C107H123BrCl5N5O19. The maximum absolute atomic E-state index is 12.9. The van der Waals surface area contributed by atoms with Gasteiger partial charge in [0, 0.05) is 84.1 Å². The molecule has 0 radical (unpaired) electrons. The molecule has 10 aromatic rings. The Balaban J connectivity index is 0.000000263. The van der Waals surface area contributed by atoms with Crippen molar-refractivity contribution in [3.8, 4) is 51.7 Å². The zero-order chi connectivity index (χ0) is 102. The summed E-state index contributed by atoms with van der Waals surface area (Å²) in [5.41, 5.74) is 10.3. The number of amides is 5. The van der Waals surface area contributed by atoms with E-state index >= 15 is 0 Å². The summed E-state index contributed by atoms with van der Waals surface area (Å²) in [5.74, 6) is 2.22. The Morgan fingerprint density at radius 3 is 0.730 bits per heavy atom. The average molecular weight is 2040 g/mol. The third-order valence-electron chi connectivity index (χ3n) is 19.8. The van der Waals surface area contributed by atoms with Gasteiger partial charge in [-0.25, -0.2) is 0 Å². The maximum Gasteiger partial charge on any atom is 0.255 e. The van der Waals surface area contributed by atoms with E-state index in [1.54, 1.807) is 158 Å². The number of benzene rings is 10. The van der Waals surface area contributed by atoms with Crippen LogP contribution < -0.4 is 69.2 Å². The third-order valence-corrected chi connectivity index (χ3v) is 22.5. The average Bonchev–Trinajstić information content (AvgIpc) is 0.823. The number of carbonyl (C=O) groups excluding carboxylic acids is 10. The van der Waals surface area contributed by atoms with Gasteiger partial charge < -0.3 is 69.2 Å². The van der Waals surface area contributed by atoms with Gasteiger partial charge in [-0.05, 0) is 361 Å². The van der Waals surface area contributed by atoms with Crippen LogP contribution in [-0.2, 0) is 0 Å². The normalized spacial score (nSPS) is 10.8. The van der Waals surface area contributed by atoms with Crippen molar-refractivity contribution in [2.75, 3.05) is 39.8 Å². The zero-order valence-electron chi connectivity index (χ0n) is 81.9. The number of Topliss-reactive ketones (excluding diaryl/α,β-unsaturated/α-hetero) is 5. The van der Waals surface area contributed by atoms with E-state index in [0.717, 1.165) is 42.4 Å². The van der Waals surface area contributed by atoms with Crippen molar-refractivity contribution in [2.45, 2.75) is 235 Å². The highest BCUT2D eigenvalue weighted by atomic mass is 79.9. The molecule has 732 valence electrons. The fourth-order valence-corrected chi connectivity index (χ4v) is 14.6. The number of halogens is 6. The maximum atomic E-state index is 12.9.